The van der Waals surface area contributed by atoms with Crippen LogP contribution >= 0.6 is 11.3 Å². The molecule has 0 amide bonds. The molecule has 3 rings (SSSR count). The number of para-hydroxylation sites is 2. The van der Waals surface area contributed by atoms with Crippen molar-refractivity contribution in [1.82, 2.24) is 14.6 Å². The predicted octanol–water partition coefficient (Wildman–Crippen LogP) is 2.04. The van der Waals surface area contributed by atoms with Gasteiger partial charge in [-0.15, -0.1) is 5.10 Å². The Morgan fingerprint density at radius 1 is 1.30 bits per heavy atom. The topological polar surface area (TPSA) is 77.8 Å². The Bertz CT molecular complexity index is 861. The fourth-order valence-corrected chi connectivity index (χ4v) is 2.80. The van der Waals surface area contributed by atoms with E-state index < -0.39 is 0 Å². The molecule has 120 valence electrons. The first-order chi connectivity index (χ1) is 11.2. The van der Waals surface area contributed by atoms with Crippen molar-refractivity contribution in [1.29, 1.82) is 0 Å². The normalized spacial score (nSPS) is 12.1. The fraction of sp³-hybridized carbons (Fsp3) is 0.267. The molecule has 23 heavy (non-hydrogen) atoms. The second-order valence-electron chi connectivity index (χ2n) is 4.84. The number of aromatic nitrogens is 3. The van der Waals surface area contributed by atoms with Gasteiger partial charge in [-0.05, 0) is 19.1 Å². The molecule has 2 heterocycles. The SMILES string of the molecule is COc1ccccc1OC(C)CNc1nn2c(=O)ccnc2s1. The average molecular weight is 332 g/mol. The Hall–Kier alpha value is -2.61. The maximum Gasteiger partial charge on any atom is 0.275 e. The summed E-state index contributed by atoms with van der Waals surface area (Å²) >= 11 is 1.32. The van der Waals surface area contributed by atoms with Crippen LogP contribution < -0.4 is 20.3 Å². The van der Waals surface area contributed by atoms with Gasteiger partial charge in [0.2, 0.25) is 10.1 Å². The van der Waals surface area contributed by atoms with Gasteiger partial charge in [-0.1, -0.05) is 23.5 Å². The van der Waals surface area contributed by atoms with Crippen molar-refractivity contribution < 1.29 is 9.47 Å². The lowest BCUT2D eigenvalue weighted by Gasteiger charge is -2.16. The zero-order chi connectivity index (χ0) is 16.2. The lowest BCUT2D eigenvalue weighted by Crippen LogP contribution is -2.23. The van der Waals surface area contributed by atoms with Crippen LogP contribution in [-0.4, -0.2) is 34.4 Å². The molecule has 0 saturated heterocycles. The van der Waals surface area contributed by atoms with E-state index in [0.29, 0.717) is 28.1 Å². The molecular formula is C15H16N4O3S. The summed E-state index contributed by atoms with van der Waals surface area (Å²) in [5.41, 5.74) is -0.197. The third-order valence-electron chi connectivity index (χ3n) is 3.11. The molecule has 0 saturated carbocycles. The van der Waals surface area contributed by atoms with Gasteiger partial charge < -0.3 is 14.8 Å². The molecule has 1 aromatic carbocycles. The average Bonchev–Trinajstić information content (AvgIpc) is 2.98. The standard InChI is InChI=1S/C15H16N4O3S/c1-10(22-12-6-4-3-5-11(12)21-2)9-17-14-18-19-13(20)7-8-16-15(19)23-14/h3-8,10H,9H2,1-2H3,(H,17,18). The highest BCUT2D eigenvalue weighted by Crippen LogP contribution is 2.26. The first-order valence-corrected chi connectivity index (χ1v) is 7.87. The minimum Gasteiger partial charge on any atom is -0.493 e. The third kappa shape index (κ3) is 3.42. The van der Waals surface area contributed by atoms with Gasteiger partial charge in [0.15, 0.2) is 11.5 Å². The highest BCUT2D eigenvalue weighted by molar-refractivity contribution is 7.20. The van der Waals surface area contributed by atoms with Gasteiger partial charge in [0.25, 0.3) is 5.56 Å². The number of methoxy groups -OCH3 is 1. The van der Waals surface area contributed by atoms with Crippen LogP contribution in [0, 0.1) is 0 Å². The van der Waals surface area contributed by atoms with Crippen LogP contribution in [0.15, 0.2) is 41.3 Å². The quantitative estimate of drug-likeness (QED) is 0.744. The summed E-state index contributed by atoms with van der Waals surface area (Å²) < 4.78 is 12.4. The molecule has 0 radical (unpaired) electrons. The molecule has 0 aliphatic rings. The summed E-state index contributed by atoms with van der Waals surface area (Å²) in [6.45, 7) is 2.48. The van der Waals surface area contributed by atoms with Crippen LogP contribution in [0.5, 0.6) is 11.5 Å². The van der Waals surface area contributed by atoms with Gasteiger partial charge in [-0.3, -0.25) is 4.79 Å². The first-order valence-electron chi connectivity index (χ1n) is 7.06. The highest BCUT2D eigenvalue weighted by atomic mass is 32.1. The maximum atomic E-state index is 11.6. The Balaban J connectivity index is 1.65. The number of hydrogen-bond donors (Lipinski definition) is 1. The van der Waals surface area contributed by atoms with Crippen molar-refractivity contribution in [3.8, 4) is 11.5 Å². The van der Waals surface area contributed by atoms with Crippen LogP contribution in [-0.2, 0) is 0 Å². The van der Waals surface area contributed by atoms with E-state index in [2.05, 4.69) is 15.4 Å². The molecule has 0 fully saturated rings. The zero-order valence-electron chi connectivity index (χ0n) is 12.7. The van der Waals surface area contributed by atoms with E-state index in [1.165, 1.54) is 28.1 Å². The minimum absolute atomic E-state index is 0.108. The Morgan fingerprint density at radius 2 is 2.09 bits per heavy atom. The predicted molar refractivity (Wildman–Crippen MR) is 88.7 cm³/mol. The molecule has 0 aliphatic heterocycles. The van der Waals surface area contributed by atoms with Gasteiger partial charge in [-0.2, -0.15) is 4.52 Å². The highest BCUT2D eigenvalue weighted by Gasteiger charge is 2.10. The molecule has 3 aromatic rings. The molecule has 7 nitrogen and oxygen atoms in total. The number of fused-ring (bicyclic) bond motifs is 1. The molecule has 1 N–H and O–H groups in total. The van der Waals surface area contributed by atoms with Crippen molar-refractivity contribution in [2.24, 2.45) is 0 Å². The number of anilines is 1. The Labute approximate surface area is 136 Å². The lowest BCUT2D eigenvalue weighted by atomic mass is 10.3. The summed E-state index contributed by atoms with van der Waals surface area (Å²) in [5, 5.41) is 7.98. The summed E-state index contributed by atoms with van der Waals surface area (Å²) in [5.74, 6) is 1.38. The number of ether oxygens (including phenoxy) is 2. The third-order valence-corrected chi connectivity index (χ3v) is 3.99. The van der Waals surface area contributed by atoms with Crippen molar-refractivity contribution in [3.63, 3.8) is 0 Å². The first kappa shape index (κ1) is 15.3. The summed E-state index contributed by atoms with van der Waals surface area (Å²) in [4.78, 5) is 16.3. The van der Waals surface area contributed by atoms with E-state index in [1.807, 2.05) is 31.2 Å². The van der Waals surface area contributed by atoms with Gasteiger partial charge >= 0.3 is 0 Å². The maximum absolute atomic E-state index is 11.6. The van der Waals surface area contributed by atoms with Gasteiger partial charge in [0.1, 0.15) is 6.10 Å². The molecule has 8 heteroatoms. The van der Waals surface area contributed by atoms with Crippen LogP contribution in [0.25, 0.3) is 4.96 Å². The molecule has 0 bridgehead atoms. The molecular weight excluding hydrogens is 316 g/mol. The van der Waals surface area contributed by atoms with Crippen LogP contribution in [0.2, 0.25) is 0 Å². The second-order valence-corrected chi connectivity index (χ2v) is 5.80. The number of nitrogens with zero attached hydrogens (tertiary/aromatic N) is 3. The van der Waals surface area contributed by atoms with E-state index >= 15 is 0 Å². The number of hydrogen-bond acceptors (Lipinski definition) is 7. The van der Waals surface area contributed by atoms with E-state index in [-0.39, 0.29) is 11.7 Å². The molecule has 2 aromatic heterocycles. The largest absolute Gasteiger partial charge is 0.493 e. The monoisotopic (exact) mass is 332 g/mol. The van der Waals surface area contributed by atoms with Gasteiger partial charge in [0.05, 0.1) is 13.7 Å². The Kier molecular flexibility index (Phi) is 4.42. The van der Waals surface area contributed by atoms with Gasteiger partial charge in [-0.25, -0.2) is 4.98 Å². The van der Waals surface area contributed by atoms with Crippen LogP contribution in [0.1, 0.15) is 6.92 Å². The van der Waals surface area contributed by atoms with Crippen molar-refractivity contribution in [2.45, 2.75) is 13.0 Å². The number of rotatable bonds is 6. The summed E-state index contributed by atoms with van der Waals surface area (Å²) in [7, 11) is 1.61. The molecule has 0 aliphatic carbocycles. The smallest absolute Gasteiger partial charge is 0.275 e. The second kappa shape index (κ2) is 6.66. The van der Waals surface area contributed by atoms with Crippen molar-refractivity contribution in [2.75, 3.05) is 19.0 Å². The Morgan fingerprint density at radius 3 is 2.83 bits per heavy atom. The summed E-state index contributed by atoms with van der Waals surface area (Å²) in [6, 6.07) is 8.87. The van der Waals surface area contributed by atoms with Crippen molar-refractivity contribution >= 4 is 21.4 Å². The van der Waals surface area contributed by atoms with Crippen molar-refractivity contribution in [3.05, 3.63) is 46.9 Å². The van der Waals surface area contributed by atoms with E-state index in [1.54, 1.807) is 7.11 Å². The van der Waals surface area contributed by atoms with Crippen LogP contribution in [0.3, 0.4) is 0 Å². The summed E-state index contributed by atoms with van der Waals surface area (Å²) in [6.07, 6.45) is 1.37. The van der Waals surface area contributed by atoms with E-state index in [4.69, 9.17) is 9.47 Å². The number of nitrogens with one attached hydrogen (secondary N) is 1. The van der Waals surface area contributed by atoms with E-state index in [9.17, 15) is 4.79 Å². The lowest BCUT2D eigenvalue weighted by molar-refractivity contribution is 0.223. The number of benzene rings is 1. The van der Waals surface area contributed by atoms with E-state index in [0.717, 1.165) is 0 Å². The van der Waals surface area contributed by atoms with Crippen LogP contribution in [0.4, 0.5) is 5.13 Å². The zero-order valence-corrected chi connectivity index (χ0v) is 13.5. The van der Waals surface area contributed by atoms with Gasteiger partial charge in [0, 0.05) is 12.3 Å². The fourth-order valence-electron chi connectivity index (χ4n) is 2.02. The molecule has 1 atom stereocenters. The molecule has 1 unspecified atom stereocenters. The molecule has 0 spiro atoms. The minimum atomic E-state index is -0.197.